The van der Waals surface area contributed by atoms with Gasteiger partial charge in [-0.15, -0.1) is 0 Å². The SMILES string of the molecule is c1ccc2c(c1)oc1c(-c3ccc4c5ccc(-c6cccc7c6oc6ccccc67)cc5c5c6cc(-c7cccc8c7oc7ccccc78)ccc6c6ccc(-c7cccc8c7oc7ccccc78)cc6c5c4c3)cccc12. The van der Waals surface area contributed by atoms with Crippen molar-refractivity contribution in [1.29, 1.82) is 0 Å². The Bertz CT molecular complexity index is 4950. The fourth-order valence-electron chi connectivity index (χ4n) is 13.3. The van der Waals surface area contributed by atoms with Crippen molar-refractivity contribution in [2.75, 3.05) is 0 Å². The van der Waals surface area contributed by atoms with Crippen molar-refractivity contribution in [1.82, 2.24) is 0 Å². The molecule has 360 valence electrons. The predicted molar refractivity (Wildman–Crippen MR) is 325 cm³/mol. The summed E-state index contributed by atoms with van der Waals surface area (Å²) in [6.45, 7) is 0. The second kappa shape index (κ2) is 15.6. The Balaban J connectivity index is 1.01. The second-order valence-electron chi connectivity index (χ2n) is 20.9. The first-order chi connectivity index (χ1) is 38.7. The molecule has 4 heteroatoms. The number of furan rings is 4. The average molecular weight is 993 g/mol. The van der Waals surface area contributed by atoms with Crippen LogP contribution in [0.3, 0.4) is 0 Å². The highest BCUT2D eigenvalue weighted by Gasteiger charge is 2.23. The van der Waals surface area contributed by atoms with E-state index in [1.54, 1.807) is 0 Å². The number of para-hydroxylation sites is 8. The molecule has 0 aliphatic rings. The van der Waals surface area contributed by atoms with E-state index in [-0.39, 0.29) is 0 Å². The van der Waals surface area contributed by atoms with Crippen LogP contribution in [-0.4, -0.2) is 0 Å². The zero-order valence-electron chi connectivity index (χ0n) is 41.7. The lowest BCUT2D eigenvalue weighted by atomic mass is 9.84. The van der Waals surface area contributed by atoms with E-state index in [0.717, 1.165) is 154 Å². The topological polar surface area (TPSA) is 52.6 Å². The number of benzene rings is 14. The minimum atomic E-state index is 0.880. The van der Waals surface area contributed by atoms with Gasteiger partial charge in [-0.3, -0.25) is 0 Å². The Labute approximate surface area is 444 Å². The van der Waals surface area contributed by atoms with E-state index >= 15 is 0 Å². The normalized spacial score (nSPS) is 12.4. The highest BCUT2D eigenvalue weighted by atomic mass is 16.3. The van der Waals surface area contributed by atoms with Gasteiger partial charge in [0.1, 0.15) is 44.7 Å². The van der Waals surface area contributed by atoms with Gasteiger partial charge in [0.25, 0.3) is 0 Å². The van der Waals surface area contributed by atoms with Crippen LogP contribution in [-0.2, 0) is 0 Å². The number of fused-ring (bicyclic) bond motifs is 23. The van der Waals surface area contributed by atoms with Gasteiger partial charge in [0.15, 0.2) is 0 Å². The molecule has 14 aromatic carbocycles. The molecular weight excluding hydrogens is 953 g/mol. The van der Waals surface area contributed by atoms with Crippen LogP contribution in [0.4, 0.5) is 0 Å². The smallest absolute Gasteiger partial charge is 0.143 e. The summed E-state index contributed by atoms with van der Waals surface area (Å²) in [5.74, 6) is 0. The maximum Gasteiger partial charge on any atom is 0.143 e. The van der Waals surface area contributed by atoms with Gasteiger partial charge < -0.3 is 17.7 Å². The van der Waals surface area contributed by atoms with E-state index in [1.165, 1.54) is 32.3 Å². The van der Waals surface area contributed by atoms with Crippen LogP contribution in [0.2, 0.25) is 0 Å². The summed E-state index contributed by atoms with van der Waals surface area (Å²) >= 11 is 0. The van der Waals surface area contributed by atoms with Crippen molar-refractivity contribution in [3.63, 3.8) is 0 Å². The molecule has 18 rings (SSSR count). The molecular formula is C74H40O4. The van der Waals surface area contributed by atoms with Crippen LogP contribution in [0.15, 0.2) is 260 Å². The van der Waals surface area contributed by atoms with Crippen LogP contribution in [0.1, 0.15) is 0 Å². The molecule has 0 saturated heterocycles. The van der Waals surface area contributed by atoms with Crippen LogP contribution < -0.4 is 0 Å². The molecule has 4 nitrogen and oxygen atoms in total. The molecule has 0 spiro atoms. The summed E-state index contributed by atoms with van der Waals surface area (Å²) in [6, 6.07) is 87.6. The predicted octanol–water partition coefficient (Wildman–Crippen LogP) is 21.7. The largest absolute Gasteiger partial charge is 0.455 e. The highest BCUT2D eigenvalue weighted by Crippen LogP contribution is 2.50. The van der Waals surface area contributed by atoms with Crippen LogP contribution >= 0.6 is 0 Å². The Morgan fingerprint density at radius 3 is 0.654 bits per heavy atom. The van der Waals surface area contributed by atoms with Gasteiger partial charge in [0.05, 0.1) is 0 Å². The monoisotopic (exact) mass is 992 g/mol. The lowest BCUT2D eigenvalue weighted by Gasteiger charge is -2.19. The molecule has 4 heterocycles. The van der Waals surface area contributed by atoms with Crippen LogP contribution in [0, 0.1) is 0 Å². The Kier molecular flexibility index (Phi) is 8.36. The van der Waals surface area contributed by atoms with Gasteiger partial charge >= 0.3 is 0 Å². The highest BCUT2D eigenvalue weighted by molar-refractivity contribution is 6.40. The lowest BCUT2D eigenvalue weighted by Crippen LogP contribution is -1.92. The van der Waals surface area contributed by atoms with E-state index in [0.29, 0.717) is 0 Å². The second-order valence-corrected chi connectivity index (χ2v) is 20.9. The molecule has 0 aliphatic carbocycles. The molecule has 0 aliphatic heterocycles. The van der Waals surface area contributed by atoms with Crippen LogP contribution in [0.25, 0.3) is 186 Å². The molecule has 0 fully saturated rings. The average Bonchev–Trinajstić information content (AvgIpc) is 4.27. The van der Waals surface area contributed by atoms with E-state index in [1.807, 2.05) is 24.3 Å². The molecule has 0 saturated carbocycles. The molecule has 0 radical (unpaired) electrons. The number of rotatable bonds is 4. The summed E-state index contributed by atoms with van der Waals surface area (Å²) in [6.07, 6.45) is 0. The third-order valence-electron chi connectivity index (χ3n) is 16.8. The van der Waals surface area contributed by atoms with Crippen molar-refractivity contribution in [3.05, 3.63) is 243 Å². The first kappa shape index (κ1) is 41.9. The van der Waals surface area contributed by atoms with Gasteiger partial charge in [-0.2, -0.15) is 0 Å². The van der Waals surface area contributed by atoms with E-state index < -0.39 is 0 Å². The van der Waals surface area contributed by atoms with Gasteiger partial charge in [-0.25, -0.2) is 0 Å². The van der Waals surface area contributed by atoms with Crippen LogP contribution in [0.5, 0.6) is 0 Å². The minimum absolute atomic E-state index is 0.880. The van der Waals surface area contributed by atoms with E-state index in [2.05, 4.69) is 218 Å². The Morgan fingerprint density at radius 2 is 0.397 bits per heavy atom. The molecule has 0 bridgehead atoms. The minimum Gasteiger partial charge on any atom is -0.455 e. The maximum atomic E-state index is 6.74. The van der Waals surface area contributed by atoms with Gasteiger partial charge in [-0.1, -0.05) is 194 Å². The number of hydrogen-bond acceptors (Lipinski definition) is 4. The summed E-state index contributed by atoms with van der Waals surface area (Å²) in [5, 5.41) is 20.5. The van der Waals surface area contributed by atoms with E-state index in [9.17, 15) is 0 Å². The fraction of sp³-hybridized carbons (Fsp3) is 0. The molecule has 0 unspecified atom stereocenters. The first-order valence-corrected chi connectivity index (χ1v) is 26.6. The molecule has 18 aromatic rings. The van der Waals surface area contributed by atoms with Gasteiger partial charge in [-0.05, 0) is 125 Å². The third kappa shape index (κ3) is 5.78. The first-order valence-electron chi connectivity index (χ1n) is 26.6. The Hall–Kier alpha value is -10.4. The van der Waals surface area contributed by atoms with Crippen molar-refractivity contribution < 1.29 is 17.7 Å². The molecule has 78 heavy (non-hydrogen) atoms. The quantitative estimate of drug-likeness (QED) is 0.165. The molecule has 0 amide bonds. The van der Waals surface area contributed by atoms with Crippen molar-refractivity contribution in [2.24, 2.45) is 0 Å². The Morgan fingerprint density at radius 1 is 0.167 bits per heavy atom. The van der Waals surface area contributed by atoms with Crippen molar-refractivity contribution >= 4 is 142 Å². The van der Waals surface area contributed by atoms with Crippen molar-refractivity contribution in [3.8, 4) is 44.5 Å². The summed E-state index contributed by atoms with van der Waals surface area (Å²) < 4.78 is 27.0. The van der Waals surface area contributed by atoms with E-state index in [4.69, 9.17) is 17.7 Å². The van der Waals surface area contributed by atoms with Crippen molar-refractivity contribution in [2.45, 2.75) is 0 Å². The molecule has 4 aromatic heterocycles. The third-order valence-corrected chi connectivity index (χ3v) is 16.8. The number of hydrogen-bond donors (Lipinski definition) is 0. The van der Waals surface area contributed by atoms with Gasteiger partial charge in [0, 0.05) is 65.3 Å². The summed E-state index contributed by atoms with van der Waals surface area (Å²) in [5.41, 5.74) is 15.6. The zero-order chi connectivity index (χ0) is 50.7. The standard InChI is InChI=1S/C74H40O4/c1-5-25-65-53(13-1)57-21-9-17-45(71(57)75-65)41-29-33-49-50-34-30-43(47-19-11-23-59-55-15-3-7-27-67(55)77-73(47)59)39-63(50)70-64-40-44(48-20-12-24-60-56-16-4-8-28-68(56)78-74(48)60)32-36-52(64)51-35-31-42(38-62(51)69(70)61(49)37-41)46-18-10-22-58-54-14-2-6-26-66(54)76-72(46)58/h1-40H. The van der Waals surface area contributed by atoms with Gasteiger partial charge in [0.2, 0.25) is 0 Å². The molecule has 0 atom stereocenters. The maximum absolute atomic E-state index is 6.74. The lowest BCUT2D eigenvalue weighted by molar-refractivity contribution is 0.669. The molecule has 0 N–H and O–H groups in total. The summed E-state index contributed by atoms with van der Waals surface area (Å²) in [4.78, 5) is 0. The summed E-state index contributed by atoms with van der Waals surface area (Å²) in [7, 11) is 0. The zero-order valence-corrected chi connectivity index (χ0v) is 41.7. The fourth-order valence-corrected chi connectivity index (χ4v) is 13.3.